The van der Waals surface area contributed by atoms with Crippen LogP contribution in [0.15, 0.2) is 36.9 Å². The van der Waals surface area contributed by atoms with Gasteiger partial charge in [0.15, 0.2) is 0 Å². The first kappa shape index (κ1) is 14.7. The third-order valence-corrected chi connectivity index (χ3v) is 4.19. The summed E-state index contributed by atoms with van der Waals surface area (Å²) in [4.78, 5) is 18.7. The van der Waals surface area contributed by atoms with Crippen LogP contribution in [0, 0.1) is 0 Å². The van der Waals surface area contributed by atoms with Gasteiger partial charge in [-0.05, 0) is 44.4 Å². The predicted molar refractivity (Wildman–Crippen MR) is 83.7 cm³/mol. The zero-order chi connectivity index (χ0) is 15.5. The lowest BCUT2D eigenvalue weighted by Crippen LogP contribution is -2.51. The molecule has 0 spiro atoms. The van der Waals surface area contributed by atoms with E-state index in [0.717, 1.165) is 31.5 Å². The fourth-order valence-corrected chi connectivity index (χ4v) is 3.04. The van der Waals surface area contributed by atoms with Gasteiger partial charge in [0.05, 0.1) is 5.69 Å². The van der Waals surface area contributed by atoms with Crippen LogP contribution in [-0.2, 0) is 0 Å². The highest BCUT2D eigenvalue weighted by atomic mass is 16.2. The first-order chi connectivity index (χ1) is 10.7. The number of hydrogen-bond donors (Lipinski definition) is 1. The molecule has 1 saturated heterocycles. The van der Waals surface area contributed by atoms with Crippen LogP contribution in [0.5, 0.6) is 0 Å². The topological polar surface area (TPSA) is 77.0 Å². The van der Waals surface area contributed by atoms with Gasteiger partial charge in [0.2, 0.25) is 0 Å². The summed E-state index contributed by atoms with van der Waals surface area (Å²) in [5, 5.41) is 4.10. The van der Waals surface area contributed by atoms with E-state index in [1.807, 2.05) is 36.1 Å². The molecule has 1 amide bonds. The van der Waals surface area contributed by atoms with E-state index in [2.05, 4.69) is 10.1 Å². The molecule has 0 aliphatic carbocycles. The molecule has 1 fully saturated rings. The first-order valence-corrected chi connectivity index (χ1v) is 7.68. The number of carbonyl (C=O) groups excluding carboxylic acids is 1. The molecule has 0 radical (unpaired) electrons. The Kier molecular flexibility index (Phi) is 4.20. The molecular weight excluding hydrogens is 278 g/mol. The smallest absolute Gasteiger partial charge is 0.254 e. The Morgan fingerprint density at radius 1 is 1.41 bits per heavy atom. The summed E-state index contributed by atoms with van der Waals surface area (Å²) in [5.74, 6) is 0.0453. The molecule has 2 atom stereocenters. The molecule has 2 heterocycles. The molecule has 2 N–H and O–H groups in total. The molecule has 0 bridgehead atoms. The molecular formula is C16H21N5O. The Bertz CT molecular complexity index is 638. The van der Waals surface area contributed by atoms with Gasteiger partial charge >= 0.3 is 0 Å². The fraction of sp³-hybridized carbons (Fsp3) is 0.438. The Labute approximate surface area is 129 Å². The molecule has 3 rings (SSSR count). The second-order valence-corrected chi connectivity index (χ2v) is 5.81. The summed E-state index contributed by atoms with van der Waals surface area (Å²) in [6.45, 7) is 2.75. The van der Waals surface area contributed by atoms with Crippen molar-refractivity contribution in [3.8, 4) is 5.69 Å². The Morgan fingerprint density at radius 3 is 3.00 bits per heavy atom. The van der Waals surface area contributed by atoms with Gasteiger partial charge < -0.3 is 10.6 Å². The molecule has 6 heteroatoms. The SMILES string of the molecule is CC(N)C1CCCCN1C(=O)c1cccc(-n2cncn2)c1. The van der Waals surface area contributed by atoms with Gasteiger partial charge in [-0.2, -0.15) is 5.10 Å². The minimum Gasteiger partial charge on any atom is -0.334 e. The highest BCUT2D eigenvalue weighted by Gasteiger charge is 2.29. The standard InChI is InChI=1S/C16H21N5O/c1-12(17)15-7-2-3-8-20(15)16(22)13-5-4-6-14(9-13)21-11-18-10-19-21/h4-6,9-12,15H,2-3,7-8,17H2,1H3. The largest absolute Gasteiger partial charge is 0.334 e. The summed E-state index contributed by atoms with van der Waals surface area (Å²) in [7, 11) is 0. The summed E-state index contributed by atoms with van der Waals surface area (Å²) < 4.78 is 1.65. The van der Waals surface area contributed by atoms with Crippen molar-refractivity contribution in [1.82, 2.24) is 19.7 Å². The number of amides is 1. The second-order valence-electron chi connectivity index (χ2n) is 5.81. The zero-order valence-electron chi connectivity index (χ0n) is 12.7. The van der Waals surface area contributed by atoms with Gasteiger partial charge in [-0.1, -0.05) is 6.07 Å². The highest BCUT2D eigenvalue weighted by molar-refractivity contribution is 5.95. The Hall–Kier alpha value is -2.21. The van der Waals surface area contributed by atoms with Gasteiger partial charge in [0.25, 0.3) is 5.91 Å². The van der Waals surface area contributed by atoms with Crippen LogP contribution in [-0.4, -0.2) is 44.2 Å². The lowest BCUT2D eigenvalue weighted by Gasteiger charge is -2.38. The van der Waals surface area contributed by atoms with Crippen LogP contribution in [0.2, 0.25) is 0 Å². The average Bonchev–Trinajstić information content (AvgIpc) is 3.09. The van der Waals surface area contributed by atoms with Crippen LogP contribution in [0.3, 0.4) is 0 Å². The maximum atomic E-state index is 12.9. The van der Waals surface area contributed by atoms with Crippen molar-refractivity contribution in [3.63, 3.8) is 0 Å². The number of aromatic nitrogens is 3. The Morgan fingerprint density at radius 2 is 2.27 bits per heavy atom. The quantitative estimate of drug-likeness (QED) is 0.934. The van der Waals surface area contributed by atoms with Crippen molar-refractivity contribution >= 4 is 5.91 Å². The number of piperidine rings is 1. The second kappa shape index (κ2) is 6.27. The minimum absolute atomic E-state index is 0.0113. The van der Waals surface area contributed by atoms with Crippen molar-refractivity contribution in [2.75, 3.05) is 6.54 Å². The normalized spacial score (nSPS) is 19.9. The number of nitrogens with zero attached hydrogens (tertiary/aromatic N) is 4. The molecule has 2 aromatic rings. The zero-order valence-corrected chi connectivity index (χ0v) is 12.7. The monoisotopic (exact) mass is 299 g/mol. The molecule has 1 aliphatic rings. The van der Waals surface area contributed by atoms with E-state index in [-0.39, 0.29) is 18.0 Å². The van der Waals surface area contributed by atoms with Crippen LogP contribution < -0.4 is 5.73 Å². The van der Waals surface area contributed by atoms with E-state index in [4.69, 9.17) is 5.73 Å². The molecule has 1 aromatic carbocycles. The molecule has 116 valence electrons. The van der Waals surface area contributed by atoms with E-state index >= 15 is 0 Å². The number of hydrogen-bond acceptors (Lipinski definition) is 4. The summed E-state index contributed by atoms with van der Waals surface area (Å²) in [6.07, 6.45) is 6.25. The third kappa shape index (κ3) is 2.87. The van der Waals surface area contributed by atoms with Crippen LogP contribution in [0.1, 0.15) is 36.5 Å². The van der Waals surface area contributed by atoms with E-state index in [1.165, 1.54) is 6.33 Å². The number of likely N-dealkylation sites (tertiary alicyclic amines) is 1. The maximum absolute atomic E-state index is 12.9. The van der Waals surface area contributed by atoms with E-state index in [9.17, 15) is 4.79 Å². The Balaban J connectivity index is 1.86. The van der Waals surface area contributed by atoms with Gasteiger partial charge in [-0.15, -0.1) is 0 Å². The molecule has 1 aromatic heterocycles. The van der Waals surface area contributed by atoms with Crippen molar-refractivity contribution in [3.05, 3.63) is 42.5 Å². The first-order valence-electron chi connectivity index (χ1n) is 7.68. The van der Waals surface area contributed by atoms with Gasteiger partial charge in [-0.25, -0.2) is 9.67 Å². The molecule has 1 aliphatic heterocycles. The maximum Gasteiger partial charge on any atom is 0.254 e. The molecule has 6 nitrogen and oxygen atoms in total. The lowest BCUT2D eigenvalue weighted by atomic mass is 9.96. The number of nitrogens with two attached hydrogens (primary N) is 1. The van der Waals surface area contributed by atoms with Crippen LogP contribution >= 0.6 is 0 Å². The van der Waals surface area contributed by atoms with E-state index < -0.39 is 0 Å². The number of benzene rings is 1. The number of carbonyl (C=O) groups is 1. The van der Waals surface area contributed by atoms with Crippen molar-refractivity contribution in [2.24, 2.45) is 5.73 Å². The van der Waals surface area contributed by atoms with Crippen molar-refractivity contribution < 1.29 is 4.79 Å². The molecule has 2 unspecified atom stereocenters. The highest BCUT2D eigenvalue weighted by Crippen LogP contribution is 2.22. The third-order valence-electron chi connectivity index (χ3n) is 4.19. The molecule has 22 heavy (non-hydrogen) atoms. The fourth-order valence-electron chi connectivity index (χ4n) is 3.04. The lowest BCUT2D eigenvalue weighted by molar-refractivity contribution is 0.0584. The minimum atomic E-state index is -0.0113. The van der Waals surface area contributed by atoms with Crippen molar-refractivity contribution in [1.29, 1.82) is 0 Å². The van der Waals surface area contributed by atoms with Crippen molar-refractivity contribution in [2.45, 2.75) is 38.3 Å². The average molecular weight is 299 g/mol. The van der Waals surface area contributed by atoms with Gasteiger partial charge in [-0.3, -0.25) is 4.79 Å². The summed E-state index contributed by atoms with van der Waals surface area (Å²) in [6, 6.07) is 7.58. The molecule has 0 saturated carbocycles. The predicted octanol–water partition coefficient (Wildman–Crippen LogP) is 1.61. The van der Waals surface area contributed by atoms with Gasteiger partial charge in [0, 0.05) is 24.2 Å². The summed E-state index contributed by atoms with van der Waals surface area (Å²) in [5.41, 5.74) is 7.56. The van der Waals surface area contributed by atoms with Crippen LogP contribution in [0.4, 0.5) is 0 Å². The van der Waals surface area contributed by atoms with Crippen LogP contribution in [0.25, 0.3) is 5.69 Å². The summed E-state index contributed by atoms with van der Waals surface area (Å²) >= 11 is 0. The van der Waals surface area contributed by atoms with Gasteiger partial charge in [0.1, 0.15) is 12.7 Å². The van der Waals surface area contributed by atoms with E-state index in [0.29, 0.717) is 5.56 Å². The van der Waals surface area contributed by atoms with E-state index in [1.54, 1.807) is 11.0 Å². The number of rotatable bonds is 3.